The van der Waals surface area contributed by atoms with Crippen LogP contribution in [0.15, 0.2) is 10.5 Å². The lowest BCUT2D eigenvalue weighted by atomic mass is 10.3. The zero-order valence-corrected chi connectivity index (χ0v) is 7.98. The summed E-state index contributed by atoms with van der Waals surface area (Å²) in [4.78, 5) is 3.39. The highest BCUT2D eigenvalue weighted by Crippen LogP contribution is 2.26. The van der Waals surface area contributed by atoms with E-state index in [0.717, 1.165) is 6.07 Å². The fraction of sp³-hybridized carbons (Fsp3) is 0.286. The number of hydrogen-bond donors (Lipinski definition) is 1. The number of nitrogens with zero attached hydrogens (tertiary/aromatic N) is 1. The molecule has 2 N–H and O–H groups in total. The van der Waals surface area contributed by atoms with Crippen molar-refractivity contribution in [2.45, 2.75) is 13.0 Å². The van der Waals surface area contributed by atoms with Crippen LogP contribution in [-0.4, -0.2) is 4.98 Å². The summed E-state index contributed by atoms with van der Waals surface area (Å²) in [7, 11) is 0. The predicted octanol–water partition coefficient (Wildman–Crippen LogP) is 2.38. The Labute approximate surface area is 81.1 Å². The molecular weight excluding hydrogens is 249 g/mol. The van der Waals surface area contributed by atoms with Crippen molar-refractivity contribution in [1.29, 1.82) is 0 Å². The van der Waals surface area contributed by atoms with Gasteiger partial charge in [0.05, 0.1) is 5.69 Å². The van der Waals surface area contributed by atoms with Crippen LogP contribution in [0.2, 0.25) is 0 Å². The lowest BCUT2D eigenvalue weighted by Crippen LogP contribution is -2.06. The van der Waals surface area contributed by atoms with Crippen LogP contribution in [0.4, 0.5) is 13.2 Å². The summed E-state index contributed by atoms with van der Waals surface area (Å²) in [5.74, 6) is -0.682. The lowest BCUT2D eigenvalue weighted by Gasteiger charge is -2.05. The molecule has 1 heterocycles. The molecule has 13 heavy (non-hydrogen) atoms. The SMILES string of the molecule is NCc1nc(C(F)F)c(Br)cc1F. The fourth-order valence-corrected chi connectivity index (χ4v) is 1.28. The van der Waals surface area contributed by atoms with Gasteiger partial charge in [-0.05, 0) is 22.0 Å². The number of rotatable bonds is 2. The first-order valence-corrected chi connectivity index (χ1v) is 4.18. The van der Waals surface area contributed by atoms with Gasteiger partial charge in [0.2, 0.25) is 0 Å². The van der Waals surface area contributed by atoms with E-state index in [4.69, 9.17) is 5.73 Å². The second-order valence-corrected chi connectivity index (χ2v) is 3.14. The van der Waals surface area contributed by atoms with E-state index in [1.807, 2.05) is 0 Å². The standard InChI is InChI=1S/C7H6BrF3N2/c8-3-1-4(9)5(2-12)13-6(3)7(10)11/h1,7H,2,12H2. The van der Waals surface area contributed by atoms with Crippen molar-refractivity contribution in [3.05, 3.63) is 27.7 Å². The van der Waals surface area contributed by atoms with Gasteiger partial charge in [-0.1, -0.05) is 0 Å². The Morgan fingerprint density at radius 3 is 2.62 bits per heavy atom. The third kappa shape index (κ3) is 2.19. The zero-order valence-electron chi connectivity index (χ0n) is 6.40. The Hall–Kier alpha value is -0.620. The van der Waals surface area contributed by atoms with Crippen molar-refractivity contribution in [3.8, 4) is 0 Å². The quantitative estimate of drug-likeness (QED) is 0.881. The van der Waals surface area contributed by atoms with Gasteiger partial charge in [-0.2, -0.15) is 0 Å². The van der Waals surface area contributed by atoms with E-state index in [-0.39, 0.29) is 16.7 Å². The number of hydrogen-bond acceptors (Lipinski definition) is 2. The van der Waals surface area contributed by atoms with Crippen LogP contribution in [-0.2, 0) is 6.54 Å². The van der Waals surface area contributed by atoms with Gasteiger partial charge in [0.25, 0.3) is 6.43 Å². The van der Waals surface area contributed by atoms with Gasteiger partial charge in [-0.15, -0.1) is 0 Å². The van der Waals surface area contributed by atoms with Crippen LogP contribution >= 0.6 is 15.9 Å². The van der Waals surface area contributed by atoms with Crippen molar-refractivity contribution in [2.24, 2.45) is 5.73 Å². The molecule has 0 fully saturated rings. The summed E-state index contributed by atoms with van der Waals surface area (Å²) in [5, 5.41) is 0. The second kappa shape index (κ2) is 4.06. The number of aromatic nitrogens is 1. The van der Waals surface area contributed by atoms with Gasteiger partial charge in [0.1, 0.15) is 11.5 Å². The summed E-state index contributed by atoms with van der Waals surface area (Å²) in [6, 6.07) is 0.941. The summed E-state index contributed by atoms with van der Waals surface area (Å²) in [6.07, 6.45) is -2.74. The molecule has 0 radical (unpaired) electrons. The number of halogens is 4. The van der Waals surface area contributed by atoms with Gasteiger partial charge in [0.15, 0.2) is 0 Å². The van der Waals surface area contributed by atoms with Gasteiger partial charge in [0, 0.05) is 11.0 Å². The molecule has 0 spiro atoms. The van der Waals surface area contributed by atoms with E-state index < -0.39 is 17.9 Å². The molecule has 1 rings (SSSR count). The highest BCUT2D eigenvalue weighted by molar-refractivity contribution is 9.10. The molecular formula is C7H6BrF3N2. The van der Waals surface area contributed by atoms with E-state index in [2.05, 4.69) is 20.9 Å². The van der Waals surface area contributed by atoms with E-state index in [9.17, 15) is 13.2 Å². The van der Waals surface area contributed by atoms with Crippen LogP contribution in [0.1, 0.15) is 17.8 Å². The molecule has 1 aromatic heterocycles. The molecule has 0 aromatic carbocycles. The molecule has 0 aliphatic carbocycles. The molecule has 72 valence electrons. The predicted molar refractivity (Wildman–Crippen MR) is 44.7 cm³/mol. The molecule has 1 aromatic rings. The third-order valence-corrected chi connectivity index (χ3v) is 2.06. The largest absolute Gasteiger partial charge is 0.325 e. The number of pyridine rings is 1. The van der Waals surface area contributed by atoms with Gasteiger partial charge >= 0.3 is 0 Å². The normalized spacial score (nSPS) is 10.9. The topological polar surface area (TPSA) is 38.9 Å². The first kappa shape index (κ1) is 10.5. The fourth-order valence-electron chi connectivity index (χ4n) is 0.817. The Morgan fingerprint density at radius 2 is 2.15 bits per heavy atom. The number of alkyl halides is 2. The molecule has 2 nitrogen and oxygen atoms in total. The van der Waals surface area contributed by atoms with E-state index in [1.165, 1.54) is 0 Å². The van der Waals surface area contributed by atoms with Crippen molar-refractivity contribution in [2.75, 3.05) is 0 Å². The van der Waals surface area contributed by atoms with Crippen molar-refractivity contribution in [3.63, 3.8) is 0 Å². The molecule has 6 heteroatoms. The maximum absolute atomic E-state index is 12.9. The Bertz CT molecular complexity index is 317. The minimum Gasteiger partial charge on any atom is -0.325 e. The van der Waals surface area contributed by atoms with Gasteiger partial charge < -0.3 is 5.73 Å². The van der Waals surface area contributed by atoms with Crippen molar-refractivity contribution >= 4 is 15.9 Å². The van der Waals surface area contributed by atoms with Crippen LogP contribution in [0.5, 0.6) is 0 Å². The maximum Gasteiger partial charge on any atom is 0.281 e. The minimum absolute atomic E-state index is 0.0443. The summed E-state index contributed by atoms with van der Waals surface area (Å²) >= 11 is 2.79. The smallest absolute Gasteiger partial charge is 0.281 e. The zero-order chi connectivity index (χ0) is 10.0. The summed E-state index contributed by atoms with van der Waals surface area (Å²) in [5.41, 5.74) is 4.47. The second-order valence-electron chi connectivity index (χ2n) is 2.29. The Balaban J connectivity index is 3.22. The molecule has 0 aliphatic heterocycles. The van der Waals surface area contributed by atoms with E-state index in [1.54, 1.807) is 0 Å². The molecule has 0 saturated heterocycles. The average Bonchev–Trinajstić information content (AvgIpc) is 2.03. The first-order chi connectivity index (χ1) is 6.06. The van der Waals surface area contributed by atoms with Crippen LogP contribution in [0.25, 0.3) is 0 Å². The minimum atomic E-state index is -2.74. The van der Waals surface area contributed by atoms with Crippen LogP contribution < -0.4 is 5.73 Å². The summed E-state index contributed by atoms with van der Waals surface area (Å²) in [6.45, 7) is -0.196. The lowest BCUT2D eigenvalue weighted by molar-refractivity contribution is 0.144. The Morgan fingerprint density at radius 1 is 1.54 bits per heavy atom. The molecule has 0 aliphatic rings. The Kier molecular flexibility index (Phi) is 3.27. The van der Waals surface area contributed by atoms with Crippen LogP contribution in [0, 0.1) is 5.82 Å². The first-order valence-electron chi connectivity index (χ1n) is 3.39. The van der Waals surface area contributed by atoms with Gasteiger partial charge in [-0.25, -0.2) is 18.2 Å². The molecule has 0 atom stereocenters. The molecule has 0 amide bonds. The van der Waals surface area contributed by atoms with Crippen LogP contribution in [0.3, 0.4) is 0 Å². The maximum atomic E-state index is 12.9. The van der Waals surface area contributed by atoms with Crippen molar-refractivity contribution in [1.82, 2.24) is 4.98 Å². The third-order valence-electron chi connectivity index (χ3n) is 1.43. The van der Waals surface area contributed by atoms with E-state index >= 15 is 0 Å². The molecule has 0 saturated carbocycles. The van der Waals surface area contributed by atoms with Crippen molar-refractivity contribution < 1.29 is 13.2 Å². The summed E-state index contributed by atoms with van der Waals surface area (Å²) < 4.78 is 37.3. The number of nitrogens with two attached hydrogens (primary N) is 1. The van der Waals surface area contributed by atoms with Gasteiger partial charge in [-0.3, -0.25) is 0 Å². The highest BCUT2D eigenvalue weighted by atomic mass is 79.9. The molecule has 0 bridgehead atoms. The average molecular weight is 255 g/mol. The monoisotopic (exact) mass is 254 g/mol. The molecule has 0 unspecified atom stereocenters. The van der Waals surface area contributed by atoms with E-state index in [0.29, 0.717) is 0 Å². The highest BCUT2D eigenvalue weighted by Gasteiger charge is 2.16.